The van der Waals surface area contributed by atoms with E-state index in [1.54, 1.807) is 30.7 Å². The number of carbonyl (C=O) groups excluding carboxylic acids is 1. The molecule has 7 aromatic rings. The molecule has 0 spiro atoms. The summed E-state index contributed by atoms with van der Waals surface area (Å²) in [6, 6.07) is 25.6. The number of nitrogens with one attached hydrogen (secondary N) is 3. The molecule has 1 amide bonds. The SMILES string of the molecule is CN(C)CCOc1cc(F)cc(-c2cccc3[nH]c(-c4n[nH]c5ncc(-c6cncc(NC(=O)c7ccccc7)c6)cc45)cc23)c1. The van der Waals surface area contributed by atoms with Gasteiger partial charge in [-0.05, 0) is 73.8 Å². The Hall–Kier alpha value is -5.87. The number of rotatable bonds is 9. The monoisotopic (exact) mass is 611 g/mol. The van der Waals surface area contributed by atoms with Crippen LogP contribution in [0.15, 0.2) is 104 Å². The van der Waals surface area contributed by atoms with E-state index in [-0.39, 0.29) is 11.7 Å². The minimum atomic E-state index is -0.361. The maximum atomic E-state index is 14.7. The van der Waals surface area contributed by atoms with Crippen LogP contribution in [-0.4, -0.2) is 63.2 Å². The minimum absolute atomic E-state index is 0.213. The number of likely N-dealkylation sites (N-methyl/N-ethyl adjacent to an activating group) is 1. The lowest BCUT2D eigenvalue weighted by molar-refractivity contribution is 0.102. The highest BCUT2D eigenvalue weighted by atomic mass is 19.1. The van der Waals surface area contributed by atoms with Gasteiger partial charge in [-0.2, -0.15) is 5.10 Å². The number of fused-ring (bicyclic) bond motifs is 2. The zero-order chi connectivity index (χ0) is 31.6. The third-order valence-electron chi connectivity index (χ3n) is 7.69. The van der Waals surface area contributed by atoms with Crippen LogP contribution in [0, 0.1) is 5.82 Å². The Morgan fingerprint density at radius 2 is 1.74 bits per heavy atom. The van der Waals surface area contributed by atoms with Crippen LogP contribution in [0.4, 0.5) is 10.1 Å². The van der Waals surface area contributed by atoms with Crippen molar-refractivity contribution in [2.75, 3.05) is 32.6 Å². The molecule has 3 N–H and O–H groups in total. The number of benzene rings is 3. The average Bonchev–Trinajstić information content (AvgIpc) is 3.69. The fourth-order valence-corrected chi connectivity index (χ4v) is 5.41. The number of aromatic amines is 2. The first-order valence-corrected chi connectivity index (χ1v) is 14.8. The zero-order valence-electron chi connectivity index (χ0n) is 25.2. The molecule has 4 aromatic heterocycles. The minimum Gasteiger partial charge on any atom is -0.492 e. The quantitative estimate of drug-likeness (QED) is 0.160. The van der Waals surface area contributed by atoms with E-state index < -0.39 is 0 Å². The molecule has 3 aromatic carbocycles. The Kier molecular flexibility index (Phi) is 7.69. The lowest BCUT2D eigenvalue weighted by Crippen LogP contribution is -2.19. The molecule has 46 heavy (non-hydrogen) atoms. The molecule has 0 aliphatic heterocycles. The molecular formula is C36H30FN7O2. The topological polar surface area (TPSA) is 112 Å². The molecule has 0 aliphatic carbocycles. The average molecular weight is 612 g/mol. The van der Waals surface area contributed by atoms with Gasteiger partial charge in [0, 0.05) is 58.0 Å². The summed E-state index contributed by atoms with van der Waals surface area (Å²) in [5, 5.41) is 12.3. The van der Waals surface area contributed by atoms with Crippen LogP contribution in [0.1, 0.15) is 10.4 Å². The predicted octanol–water partition coefficient (Wildman–Crippen LogP) is 7.17. The third kappa shape index (κ3) is 5.93. The molecule has 0 saturated carbocycles. The van der Waals surface area contributed by atoms with E-state index in [1.807, 2.05) is 79.7 Å². The number of hydrogen-bond acceptors (Lipinski definition) is 6. The molecule has 0 aliphatic rings. The van der Waals surface area contributed by atoms with E-state index in [1.165, 1.54) is 12.1 Å². The summed E-state index contributed by atoms with van der Waals surface area (Å²) in [7, 11) is 3.93. The second kappa shape index (κ2) is 12.3. The number of pyridine rings is 2. The van der Waals surface area contributed by atoms with E-state index >= 15 is 0 Å². The number of anilines is 1. The summed E-state index contributed by atoms with van der Waals surface area (Å²) < 4.78 is 20.5. The van der Waals surface area contributed by atoms with Gasteiger partial charge < -0.3 is 19.9 Å². The van der Waals surface area contributed by atoms with Crippen LogP contribution in [0.3, 0.4) is 0 Å². The largest absolute Gasteiger partial charge is 0.492 e. The van der Waals surface area contributed by atoms with Crippen molar-refractivity contribution in [1.82, 2.24) is 30.0 Å². The molecule has 0 bridgehead atoms. The summed E-state index contributed by atoms with van der Waals surface area (Å²) in [4.78, 5) is 27.2. The van der Waals surface area contributed by atoms with Crippen LogP contribution >= 0.6 is 0 Å². The highest BCUT2D eigenvalue weighted by Gasteiger charge is 2.16. The number of carbonyl (C=O) groups is 1. The second-order valence-corrected chi connectivity index (χ2v) is 11.3. The van der Waals surface area contributed by atoms with E-state index in [2.05, 4.69) is 30.5 Å². The van der Waals surface area contributed by atoms with Crippen molar-refractivity contribution in [1.29, 1.82) is 0 Å². The number of hydrogen-bond donors (Lipinski definition) is 3. The van der Waals surface area contributed by atoms with Crippen molar-refractivity contribution in [3.05, 3.63) is 115 Å². The Morgan fingerprint density at radius 3 is 2.59 bits per heavy atom. The summed E-state index contributed by atoms with van der Waals surface area (Å²) in [6.45, 7) is 1.18. The van der Waals surface area contributed by atoms with Crippen LogP contribution in [-0.2, 0) is 0 Å². The Labute approximate surface area is 264 Å². The number of halogens is 1. The van der Waals surface area contributed by atoms with Crippen LogP contribution in [0.2, 0.25) is 0 Å². The van der Waals surface area contributed by atoms with Gasteiger partial charge in [-0.25, -0.2) is 9.37 Å². The fraction of sp³-hybridized carbons (Fsp3) is 0.111. The Balaban J connectivity index is 1.21. The molecule has 9 nitrogen and oxygen atoms in total. The maximum Gasteiger partial charge on any atom is 0.255 e. The molecule has 0 unspecified atom stereocenters. The van der Waals surface area contributed by atoms with Crippen molar-refractivity contribution in [2.45, 2.75) is 0 Å². The van der Waals surface area contributed by atoms with Crippen molar-refractivity contribution in [3.63, 3.8) is 0 Å². The zero-order valence-corrected chi connectivity index (χ0v) is 25.2. The third-order valence-corrected chi connectivity index (χ3v) is 7.69. The van der Waals surface area contributed by atoms with Gasteiger partial charge in [0.15, 0.2) is 5.65 Å². The summed E-state index contributed by atoms with van der Waals surface area (Å²) in [5.74, 6) is -0.0883. The van der Waals surface area contributed by atoms with Gasteiger partial charge in [0.25, 0.3) is 5.91 Å². The highest BCUT2D eigenvalue weighted by Crippen LogP contribution is 2.36. The number of ether oxygens (including phenoxy) is 1. The van der Waals surface area contributed by atoms with Crippen LogP contribution in [0.25, 0.3) is 55.6 Å². The van der Waals surface area contributed by atoms with E-state index in [4.69, 9.17) is 4.74 Å². The summed E-state index contributed by atoms with van der Waals surface area (Å²) >= 11 is 0. The fourth-order valence-electron chi connectivity index (χ4n) is 5.41. The van der Waals surface area contributed by atoms with Gasteiger partial charge in [0.05, 0.1) is 17.6 Å². The van der Waals surface area contributed by atoms with E-state index in [0.717, 1.165) is 50.8 Å². The predicted molar refractivity (Wildman–Crippen MR) is 178 cm³/mol. The van der Waals surface area contributed by atoms with Gasteiger partial charge in [0.2, 0.25) is 0 Å². The molecular weight excluding hydrogens is 581 g/mol. The molecule has 0 saturated heterocycles. The number of H-pyrrole nitrogens is 2. The molecule has 10 heteroatoms. The van der Waals surface area contributed by atoms with Gasteiger partial charge in [-0.3, -0.25) is 14.9 Å². The van der Waals surface area contributed by atoms with E-state index in [0.29, 0.717) is 34.9 Å². The smallest absolute Gasteiger partial charge is 0.255 e. The summed E-state index contributed by atoms with van der Waals surface area (Å²) in [6.07, 6.45) is 5.09. The van der Waals surface area contributed by atoms with Gasteiger partial charge in [-0.1, -0.05) is 30.3 Å². The summed E-state index contributed by atoms with van der Waals surface area (Å²) in [5.41, 5.74) is 7.33. The van der Waals surface area contributed by atoms with Crippen molar-refractivity contribution in [3.8, 4) is 39.4 Å². The lowest BCUT2D eigenvalue weighted by Gasteiger charge is -2.12. The van der Waals surface area contributed by atoms with E-state index in [9.17, 15) is 9.18 Å². The molecule has 0 atom stereocenters. The van der Waals surface area contributed by atoms with Crippen molar-refractivity contribution in [2.24, 2.45) is 0 Å². The normalized spacial score (nSPS) is 11.4. The highest BCUT2D eigenvalue weighted by molar-refractivity contribution is 6.04. The molecule has 0 fully saturated rings. The van der Waals surface area contributed by atoms with Gasteiger partial charge in [-0.15, -0.1) is 0 Å². The number of nitrogens with zero attached hydrogens (tertiary/aromatic N) is 4. The first kappa shape index (κ1) is 28.9. The standard InChI is InChI=1S/C36H30FN7O2/c1-44(2)11-12-46-28-15-23(13-26(37)17-28)29-9-6-10-32-30(29)18-33(41-32)34-31-16-25(20-39-35(31)43-42-34)24-14-27(21-38-19-24)40-36(45)22-7-4-3-5-8-22/h3-10,13-21,41H,11-12H2,1-2H3,(H,40,45)(H,39,42,43). The maximum absolute atomic E-state index is 14.7. The number of aromatic nitrogens is 5. The van der Waals surface area contributed by atoms with Gasteiger partial charge in [0.1, 0.15) is 23.9 Å². The van der Waals surface area contributed by atoms with Gasteiger partial charge >= 0.3 is 0 Å². The van der Waals surface area contributed by atoms with Crippen molar-refractivity contribution < 1.29 is 13.9 Å². The first-order valence-electron chi connectivity index (χ1n) is 14.8. The molecule has 4 heterocycles. The van der Waals surface area contributed by atoms with Crippen LogP contribution < -0.4 is 10.1 Å². The molecule has 228 valence electrons. The second-order valence-electron chi connectivity index (χ2n) is 11.3. The lowest BCUT2D eigenvalue weighted by atomic mass is 10.0. The van der Waals surface area contributed by atoms with Crippen LogP contribution in [0.5, 0.6) is 5.75 Å². The van der Waals surface area contributed by atoms with Crippen molar-refractivity contribution >= 4 is 33.5 Å². The molecule has 0 radical (unpaired) electrons. The molecule has 7 rings (SSSR count). The Bertz CT molecular complexity index is 2190. The number of amides is 1. The Morgan fingerprint density at radius 1 is 0.891 bits per heavy atom. The first-order chi connectivity index (χ1) is 22.4.